The third-order valence-corrected chi connectivity index (χ3v) is 5.16. The van der Waals surface area contributed by atoms with Gasteiger partial charge >= 0.3 is 0 Å². The van der Waals surface area contributed by atoms with Gasteiger partial charge in [0.2, 0.25) is 5.91 Å². The van der Waals surface area contributed by atoms with Gasteiger partial charge in [-0.3, -0.25) is 14.6 Å². The van der Waals surface area contributed by atoms with Crippen molar-refractivity contribution in [1.29, 1.82) is 0 Å². The molecule has 0 atom stereocenters. The number of fused-ring (bicyclic) bond motifs is 1. The van der Waals surface area contributed by atoms with Crippen LogP contribution in [0.3, 0.4) is 0 Å². The molecule has 1 aliphatic rings. The molecule has 1 fully saturated rings. The molecule has 24 heavy (non-hydrogen) atoms. The van der Waals surface area contributed by atoms with Gasteiger partial charge in [-0.05, 0) is 44.9 Å². The number of likely N-dealkylation sites (N-methyl/N-ethyl adjacent to an activating group) is 1. The Kier molecular flexibility index (Phi) is 4.03. The minimum Gasteiger partial charge on any atom is -0.368 e. The van der Waals surface area contributed by atoms with Crippen LogP contribution in [0.4, 0.5) is 0 Å². The van der Waals surface area contributed by atoms with Gasteiger partial charge in [-0.2, -0.15) is 0 Å². The van der Waals surface area contributed by atoms with Gasteiger partial charge in [-0.1, -0.05) is 24.5 Å². The van der Waals surface area contributed by atoms with E-state index >= 15 is 0 Å². The maximum atomic E-state index is 13.2. The number of nitrogens with zero attached hydrogens (tertiary/aromatic N) is 2. The van der Waals surface area contributed by atoms with Gasteiger partial charge in [0.25, 0.3) is 5.91 Å². The molecule has 5 heteroatoms. The third kappa shape index (κ3) is 2.54. The molecule has 126 valence electrons. The Morgan fingerprint density at radius 1 is 1.17 bits per heavy atom. The van der Waals surface area contributed by atoms with Gasteiger partial charge in [-0.25, -0.2) is 0 Å². The fourth-order valence-corrected chi connectivity index (χ4v) is 3.73. The first kappa shape index (κ1) is 16.4. The fourth-order valence-electron chi connectivity index (χ4n) is 3.73. The number of rotatable bonds is 3. The van der Waals surface area contributed by atoms with Crippen LogP contribution >= 0.6 is 0 Å². The zero-order valence-corrected chi connectivity index (χ0v) is 14.4. The summed E-state index contributed by atoms with van der Waals surface area (Å²) < 4.78 is 0. The highest BCUT2D eigenvalue weighted by atomic mass is 16.2. The Bertz CT molecular complexity index is 823. The van der Waals surface area contributed by atoms with E-state index in [-0.39, 0.29) is 5.91 Å². The van der Waals surface area contributed by atoms with Crippen molar-refractivity contribution in [3.8, 4) is 0 Å². The van der Waals surface area contributed by atoms with Crippen molar-refractivity contribution < 1.29 is 9.59 Å². The van der Waals surface area contributed by atoms with Crippen LogP contribution in [-0.4, -0.2) is 34.3 Å². The molecular weight excluding hydrogens is 302 g/mol. The summed E-state index contributed by atoms with van der Waals surface area (Å²) in [6.07, 6.45) is 3.09. The van der Waals surface area contributed by atoms with Crippen molar-refractivity contribution in [2.24, 2.45) is 5.73 Å². The van der Waals surface area contributed by atoms with Crippen molar-refractivity contribution in [2.45, 2.75) is 45.1 Å². The summed E-state index contributed by atoms with van der Waals surface area (Å²) in [7, 11) is 1.69. The van der Waals surface area contributed by atoms with E-state index in [0.717, 1.165) is 35.0 Å². The highest BCUT2D eigenvalue weighted by molar-refractivity contribution is 6.08. The highest BCUT2D eigenvalue weighted by Gasteiger charge is 2.45. The lowest BCUT2D eigenvalue weighted by Crippen LogP contribution is -2.56. The minimum atomic E-state index is -0.871. The second-order valence-electron chi connectivity index (χ2n) is 6.80. The molecule has 1 aromatic carbocycles. The van der Waals surface area contributed by atoms with Crippen LogP contribution in [0.25, 0.3) is 10.9 Å². The maximum absolute atomic E-state index is 13.2. The monoisotopic (exact) mass is 325 g/mol. The molecular formula is C19H23N3O2. The number of carbonyl (C=O) groups is 2. The van der Waals surface area contributed by atoms with E-state index in [1.165, 1.54) is 0 Å². The van der Waals surface area contributed by atoms with Gasteiger partial charge < -0.3 is 10.6 Å². The summed E-state index contributed by atoms with van der Waals surface area (Å²) in [4.78, 5) is 31.4. The van der Waals surface area contributed by atoms with E-state index in [0.29, 0.717) is 18.4 Å². The molecule has 0 saturated heterocycles. The van der Waals surface area contributed by atoms with E-state index in [1.807, 2.05) is 32.0 Å². The molecule has 0 bridgehead atoms. The number of hydrogen-bond donors (Lipinski definition) is 1. The second-order valence-corrected chi connectivity index (χ2v) is 6.80. The van der Waals surface area contributed by atoms with E-state index in [9.17, 15) is 9.59 Å². The predicted molar refractivity (Wildman–Crippen MR) is 93.7 cm³/mol. The Labute approximate surface area is 141 Å². The van der Waals surface area contributed by atoms with Crippen molar-refractivity contribution in [3.05, 3.63) is 41.1 Å². The number of aromatic nitrogens is 1. The molecule has 1 heterocycles. The number of pyridine rings is 1. The normalized spacial score (nSPS) is 16.3. The molecule has 1 saturated carbocycles. The van der Waals surface area contributed by atoms with Crippen molar-refractivity contribution in [2.75, 3.05) is 7.05 Å². The van der Waals surface area contributed by atoms with Crippen LogP contribution < -0.4 is 5.73 Å². The molecule has 0 aliphatic heterocycles. The average Bonchev–Trinajstić information content (AvgIpc) is 3.04. The van der Waals surface area contributed by atoms with E-state index in [4.69, 9.17) is 5.73 Å². The van der Waals surface area contributed by atoms with Crippen LogP contribution in [0, 0.1) is 13.8 Å². The van der Waals surface area contributed by atoms with Crippen LogP contribution in [0.2, 0.25) is 0 Å². The Hall–Kier alpha value is -2.43. The standard InChI is InChI=1S/C19H23N3O2/c1-12-6-7-16-14(10-12)15(11-13(2)21-16)17(23)22(3)19(18(20)24)8-4-5-9-19/h6-7,10-11H,4-5,8-9H2,1-3H3,(H2,20,24). The molecule has 1 aliphatic carbocycles. The molecule has 5 nitrogen and oxygen atoms in total. The fraction of sp³-hybridized carbons (Fsp3) is 0.421. The number of nitrogens with two attached hydrogens (primary N) is 1. The lowest BCUT2D eigenvalue weighted by atomic mass is 9.93. The number of aryl methyl sites for hydroxylation is 2. The van der Waals surface area contributed by atoms with Crippen LogP contribution in [0.5, 0.6) is 0 Å². The largest absolute Gasteiger partial charge is 0.368 e. The Morgan fingerprint density at radius 2 is 1.83 bits per heavy atom. The summed E-state index contributed by atoms with van der Waals surface area (Å²) >= 11 is 0. The maximum Gasteiger partial charge on any atom is 0.255 e. The zero-order chi connectivity index (χ0) is 17.5. The van der Waals surface area contributed by atoms with Crippen LogP contribution in [-0.2, 0) is 4.79 Å². The molecule has 2 aromatic rings. The summed E-state index contributed by atoms with van der Waals surface area (Å²) in [6.45, 7) is 3.86. The smallest absolute Gasteiger partial charge is 0.255 e. The number of primary amides is 1. The first-order chi connectivity index (χ1) is 11.3. The van der Waals surface area contributed by atoms with E-state index < -0.39 is 11.4 Å². The highest BCUT2D eigenvalue weighted by Crippen LogP contribution is 2.36. The zero-order valence-electron chi connectivity index (χ0n) is 14.4. The third-order valence-electron chi connectivity index (χ3n) is 5.16. The van der Waals surface area contributed by atoms with Crippen molar-refractivity contribution >= 4 is 22.7 Å². The number of carbonyl (C=O) groups excluding carboxylic acids is 2. The molecule has 0 unspecified atom stereocenters. The summed E-state index contributed by atoms with van der Waals surface area (Å²) in [5.41, 5.74) is 8.01. The first-order valence-electron chi connectivity index (χ1n) is 8.31. The first-order valence-corrected chi connectivity index (χ1v) is 8.31. The van der Waals surface area contributed by atoms with Gasteiger partial charge in [0.1, 0.15) is 5.54 Å². The van der Waals surface area contributed by atoms with Crippen molar-refractivity contribution in [1.82, 2.24) is 9.88 Å². The molecule has 0 spiro atoms. The quantitative estimate of drug-likeness (QED) is 0.942. The molecule has 3 rings (SSSR count). The topological polar surface area (TPSA) is 76.3 Å². The van der Waals surface area contributed by atoms with Crippen LogP contribution in [0.15, 0.2) is 24.3 Å². The van der Waals surface area contributed by atoms with Gasteiger partial charge in [0.05, 0.1) is 11.1 Å². The van der Waals surface area contributed by atoms with Gasteiger partial charge in [0, 0.05) is 18.1 Å². The Morgan fingerprint density at radius 3 is 2.46 bits per heavy atom. The Balaban J connectivity index is 2.11. The number of amides is 2. The average molecular weight is 325 g/mol. The second kappa shape index (κ2) is 5.89. The van der Waals surface area contributed by atoms with E-state index in [1.54, 1.807) is 18.0 Å². The van der Waals surface area contributed by atoms with Gasteiger partial charge in [0.15, 0.2) is 0 Å². The van der Waals surface area contributed by atoms with Crippen molar-refractivity contribution in [3.63, 3.8) is 0 Å². The molecule has 2 amide bonds. The lowest BCUT2D eigenvalue weighted by molar-refractivity contribution is -0.127. The number of benzene rings is 1. The lowest BCUT2D eigenvalue weighted by Gasteiger charge is -2.36. The molecule has 2 N–H and O–H groups in total. The SMILES string of the molecule is Cc1ccc2nc(C)cc(C(=O)N(C)C3(C(N)=O)CCCC3)c2c1. The molecule has 1 aromatic heterocycles. The summed E-state index contributed by atoms with van der Waals surface area (Å²) in [5.74, 6) is -0.584. The number of hydrogen-bond acceptors (Lipinski definition) is 3. The van der Waals surface area contributed by atoms with Gasteiger partial charge in [-0.15, -0.1) is 0 Å². The van der Waals surface area contributed by atoms with E-state index in [2.05, 4.69) is 4.98 Å². The summed E-state index contributed by atoms with van der Waals surface area (Å²) in [5, 5.41) is 0.815. The van der Waals surface area contributed by atoms with Crippen LogP contribution in [0.1, 0.15) is 47.3 Å². The minimum absolute atomic E-state index is 0.170. The predicted octanol–water partition coefficient (Wildman–Crippen LogP) is 2.72. The molecule has 0 radical (unpaired) electrons. The summed E-state index contributed by atoms with van der Waals surface area (Å²) in [6, 6.07) is 7.67.